The molecule has 1 aliphatic rings. The molecule has 0 aromatic heterocycles. The van der Waals surface area contributed by atoms with E-state index in [9.17, 15) is 10.1 Å². The zero-order valence-electron chi connectivity index (χ0n) is 11.2. The van der Waals surface area contributed by atoms with E-state index in [-0.39, 0.29) is 16.7 Å². The third kappa shape index (κ3) is 3.75. The fourth-order valence-electron chi connectivity index (χ4n) is 2.44. The Balaban J connectivity index is 2.12. The van der Waals surface area contributed by atoms with Crippen molar-refractivity contribution in [2.75, 3.05) is 13.2 Å². The molecule has 1 aliphatic heterocycles. The lowest BCUT2D eigenvalue weighted by atomic mass is 10.0. The van der Waals surface area contributed by atoms with Crippen LogP contribution in [0.5, 0.6) is 0 Å². The molecule has 0 saturated carbocycles. The molecule has 1 aromatic carbocycles. The standard InChI is InChI=1S/C14H20N2O3/c1-2-4-14(15-12-7-8-19-10-12)11-5-3-6-13(9-11)16(17)18/h3,5-6,9,12,14-15H,2,4,7-8,10H2,1H3. The molecule has 0 amide bonds. The van der Waals surface area contributed by atoms with Crippen LogP contribution in [0.2, 0.25) is 0 Å². The van der Waals surface area contributed by atoms with Gasteiger partial charge in [-0.05, 0) is 18.4 Å². The van der Waals surface area contributed by atoms with Gasteiger partial charge in [-0.25, -0.2) is 0 Å². The van der Waals surface area contributed by atoms with E-state index in [2.05, 4.69) is 12.2 Å². The molecule has 1 heterocycles. The molecule has 0 radical (unpaired) electrons. The number of hydrogen-bond donors (Lipinski definition) is 1. The second-order valence-corrected chi connectivity index (χ2v) is 4.92. The average molecular weight is 264 g/mol. The highest BCUT2D eigenvalue weighted by Crippen LogP contribution is 2.24. The van der Waals surface area contributed by atoms with Gasteiger partial charge in [-0.3, -0.25) is 10.1 Å². The third-order valence-electron chi connectivity index (χ3n) is 3.43. The van der Waals surface area contributed by atoms with Crippen molar-refractivity contribution in [1.29, 1.82) is 0 Å². The van der Waals surface area contributed by atoms with Crippen LogP contribution in [-0.4, -0.2) is 24.2 Å². The van der Waals surface area contributed by atoms with Crippen molar-refractivity contribution >= 4 is 5.69 Å². The fraction of sp³-hybridized carbons (Fsp3) is 0.571. The second kappa shape index (κ2) is 6.63. The van der Waals surface area contributed by atoms with Crippen LogP contribution in [0.1, 0.15) is 37.8 Å². The normalized spacial score (nSPS) is 20.4. The lowest BCUT2D eigenvalue weighted by Gasteiger charge is -2.22. The lowest BCUT2D eigenvalue weighted by molar-refractivity contribution is -0.384. The molecular weight excluding hydrogens is 244 g/mol. The molecule has 104 valence electrons. The van der Waals surface area contributed by atoms with Crippen LogP contribution >= 0.6 is 0 Å². The van der Waals surface area contributed by atoms with Gasteiger partial charge in [0.15, 0.2) is 0 Å². The summed E-state index contributed by atoms with van der Waals surface area (Å²) in [5.74, 6) is 0. The number of nitrogens with one attached hydrogen (secondary N) is 1. The van der Waals surface area contributed by atoms with E-state index in [4.69, 9.17) is 4.74 Å². The Morgan fingerprint density at radius 2 is 2.42 bits per heavy atom. The molecule has 0 aliphatic carbocycles. The molecule has 5 nitrogen and oxygen atoms in total. The Hall–Kier alpha value is -1.46. The van der Waals surface area contributed by atoms with Gasteiger partial charge < -0.3 is 10.1 Å². The molecule has 1 N–H and O–H groups in total. The van der Waals surface area contributed by atoms with E-state index < -0.39 is 0 Å². The van der Waals surface area contributed by atoms with Crippen molar-refractivity contribution in [3.05, 3.63) is 39.9 Å². The maximum Gasteiger partial charge on any atom is 0.269 e. The summed E-state index contributed by atoms with van der Waals surface area (Å²) in [6, 6.07) is 7.43. The summed E-state index contributed by atoms with van der Waals surface area (Å²) in [7, 11) is 0. The predicted octanol–water partition coefficient (Wildman–Crippen LogP) is 2.81. The van der Waals surface area contributed by atoms with Gasteiger partial charge >= 0.3 is 0 Å². The van der Waals surface area contributed by atoms with Crippen molar-refractivity contribution in [3.8, 4) is 0 Å². The first-order valence-electron chi connectivity index (χ1n) is 6.79. The minimum Gasteiger partial charge on any atom is -0.380 e. The van der Waals surface area contributed by atoms with Crippen LogP contribution in [0, 0.1) is 10.1 Å². The molecule has 1 aromatic rings. The quantitative estimate of drug-likeness (QED) is 0.634. The van der Waals surface area contributed by atoms with Crippen LogP contribution in [0.3, 0.4) is 0 Å². The fourth-order valence-corrected chi connectivity index (χ4v) is 2.44. The summed E-state index contributed by atoms with van der Waals surface area (Å²) in [5, 5.41) is 14.4. The maximum absolute atomic E-state index is 10.8. The Labute approximate surface area is 113 Å². The molecule has 5 heteroatoms. The van der Waals surface area contributed by atoms with Gasteiger partial charge in [0, 0.05) is 30.8 Å². The van der Waals surface area contributed by atoms with Gasteiger partial charge in [0.1, 0.15) is 0 Å². The molecule has 2 rings (SSSR count). The number of rotatable bonds is 6. The minimum absolute atomic E-state index is 0.156. The summed E-state index contributed by atoms with van der Waals surface area (Å²) in [4.78, 5) is 10.5. The van der Waals surface area contributed by atoms with Gasteiger partial charge in [-0.1, -0.05) is 25.5 Å². The molecule has 2 unspecified atom stereocenters. The van der Waals surface area contributed by atoms with E-state index >= 15 is 0 Å². The number of benzene rings is 1. The van der Waals surface area contributed by atoms with E-state index in [0.717, 1.165) is 38.0 Å². The summed E-state index contributed by atoms with van der Waals surface area (Å²) in [5.41, 5.74) is 1.14. The number of hydrogen-bond acceptors (Lipinski definition) is 4. The highest BCUT2D eigenvalue weighted by molar-refractivity contribution is 5.35. The predicted molar refractivity (Wildman–Crippen MR) is 73.1 cm³/mol. The van der Waals surface area contributed by atoms with E-state index in [1.807, 2.05) is 6.07 Å². The Kier molecular flexibility index (Phi) is 4.87. The molecule has 1 saturated heterocycles. The molecule has 1 fully saturated rings. The Morgan fingerprint density at radius 1 is 1.58 bits per heavy atom. The molecular formula is C14H20N2O3. The SMILES string of the molecule is CCCC(NC1CCOC1)c1cccc([N+](=O)[O-])c1. The van der Waals surface area contributed by atoms with Crippen molar-refractivity contribution < 1.29 is 9.66 Å². The first-order valence-corrected chi connectivity index (χ1v) is 6.79. The van der Waals surface area contributed by atoms with Crippen LogP contribution in [0.4, 0.5) is 5.69 Å². The lowest BCUT2D eigenvalue weighted by Crippen LogP contribution is -2.33. The van der Waals surface area contributed by atoms with Crippen molar-refractivity contribution in [1.82, 2.24) is 5.32 Å². The van der Waals surface area contributed by atoms with E-state index in [1.165, 1.54) is 6.07 Å². The first-order chi connectivity index (χ1) is 9.20. The van der Waals surface area contributed by atoms with Crippen LogP contribution < -0.4 is 5.32 Å². The van der Waals surface area contributed by atoms with Crippen molar-refractivity contribution in [3.63, 3.8) is 0 Å². The summed E-state index contributed by atoms with van der Waals surface area (Å²) in [6.07, 6.45) is 3.01. The molecule has 0 spiro atoms. The highest BCUT2D eigenvalue weighted by atomic mass is 16.6. The molecule has 19 heavy (non-hydrogen) atoms. The minimum atomic E-state index is -0.342. The zero-order valence-corrected chi connectivity index (χ0v) is 11.2. The van der Waals surface area contributed by atoms with Gasteiger partial charge in [-0.2, -0.15) is 0 Å². The monoisotopic (exact) mass is 264 g/mol. The maximum atomic E-state index is 10.8. The average Bonchev–Trinajstić information content (AvgIpc) is 2.91. The van der Waals surface area contributed by atoms with Crippen LogP contribution in [0.15, 0.2) is 24.3 Å². The summed E-state index contributed by atoms with van der Waals surface area (Å²) in [6.45, 7) is 3.65. The topological polar surface area (TPSA) is 64.4 Å². The van der Waals surface area contributed by atoms with Gasteiger partial charge in [0.2, 0.25) is 0 Å². The van der Waals surface area contributed by atoms with Crippen molar-refractivity contribution in [2.45, 2.75) is 38.3 Å². The number of nitro groups is 1. The van der Waals surface area contributed by atoms with E-state index in [0.29, 0.717) is 6.04 Å². The Bertz CT molecular complexity index is 430. The summed E-state index contributed by atoms with van der Waals surface area (Å²) < 4.78 is 5.36. The first kappa shape index (κ1) is 14.0. The molecule has 2 atom stereocenters. The van der Waals surface area contributed by atoms with Gasteiger partial charge in [0.05, 0.1) is 11.5 Å². The highest BCUT2D eigenvalue weighted by Gasteiger charge is 2.21. The second-order valence-electron chi connectivity index (χ2n) is 4.92. The van der Waals surface area contributed by atoms with Crippen LogP contribution in [0.25, 0.3) is 0 Å². The van der Waals surface area contributed by atoms with Gasteiger partial charge in [-0.15, -0.1) is 0 Å². The van der Waals surface area contributed by atoms with Crippen LogP contribution in [-0.2, 0) is 4.74 Å². The smallest absolute Gasteiger partial charge is 0.269 e. The summed E-state index contributed by atoms with van der Waals surface area (Å²) >= 11 is 0. The Morgan fingerprint density at radius 3 is 3.05 bits per heavy atom. The number of nitrogens with zero attached hydrogens (tertiary/aromatic N) is 1. The number of non-ortho nitro benzene ring substituents is 1. The third-order valence-corrected chi connectivity index (χ3v) is 3.43. The van der Waals surface area contributed by atoms with Gasteiger partial charge in [0.25, 0.3) is 5.69 Å². The molecule has 0 bridgehead atoms. The van der Waals surface area contributed by atoms with E-state index in [1.54, 1.807) is 12.1 Å². The largest absolute Gasteiger partial charge is 0.380 e. The number of nitro benzene ring substituents is 1. The van der Waals surface area contributed by atoms with Crippen molar-refractivity contribution in [2.24, 2.45) is 0 Å². The zero-order chi connectivity index (χ0) is 13.7. The number of ether oxygens (including phenoxy) is 1.